The second-order valence-electron chi connectivity index (χ2n) is 11.8. The maximum Gasteiger partial charge on any atom is 0.303 e. The molecule has 2 aromatic rings. The van der Waals surface area contributed by atoms with E-state index in [4.69, 9.17) is 19.7 Å². The predicted octanol–water partition coefficient (Wildman–Crippen LogP) is 4.91. The average Bonchev–Trinajstić information content (AvgIpc) is 3.65. The number of hydrogen-bond acceptors (Lipinski definition) is 14. The zero-order valence-corrected chi connectivity index (χ0v) is 29.6. The Morgan fingerprint density at radius 1 is 0.694 bits per heavy atom. The number of aromatic hydroxyl groups is 2. The van der Waals surface area contributed by atoms with Crippen molar-refractivity contribution in [1.29, 1.82) is 0 Å². The van der Waals surface area contributed by atoms with Gasteiger partial charge in [0.15, 0.2) is 34.6 Å². The molecule has 2 aliphatic heterocycles. The number of aliphatic carboxylic acids is 2. The number of rotatable bonds is 17. The van der Waals surface area contributed by atoms with Crippen molar-refractivity contribution in [2.24, 2.45) is 9.98 Å². The highest BCUT2D eigenvalue weighted by atomic mass is 32.2. The molecule has 2 aromatic heterocycles. The van der Waals surface area contributed by atoms with Crippen LogP contribution in [0.4, 0.5) is 0 Å². The normalized spacial score (nSPS) is 19.7. The number of carbonyl (C=O) groups is 4. The lowest BCUT2D eigenvalue weighted by molar-refractivity contribution is -0.138. The highest BCUT2D eigenvalue weighted by Gasteiger charge is 2.38. The van der Waals surface area contributed by atoms with Gasteiger partial charge in [-0.1, -0.05) is 0 Å². The molecule has 0 fully saturated rings. The Morgan fingerprint density at radius 3 is 1.45 bits per heavy atom. The average molecular weight is 719 g/mol. The fourth-order valence-electron chi connectivity index (χ4n) is 4.31. The molecule has 0 amide bonds. The van der Waals surface area contributed by atoms with Crippen LogP contribution in [0.25, 0.3) is 0 Å². The SMILES string of the molecule is CC(=O)[C@@]1(C)CSC(c2nccc(OCCCCC(=O)O)c2O)=N1.CC(=O)[C@@]1(C)CSC(c2nccc(OCCCCCC(=O)O)c2O)=N1. The Morgan fingerprint density at radius 2 is 1.08 bits per heavy atom. The van der Waals surface area contributed by atoms with Gasteiger partial charge in [0.2, 0.25) is 0 Å². The van der Waals surface area contributed by atoms with Crippen LogP contribution >= 0.6 is 23.5 Å². The molecule has 49 heavy (non-hydrogen) atoms. The number of carbonyl (C=O) groups excluding carboxylic acids is 2. The number of unbranched alkanes of at least 4 members (excludes halogenated alkanes) is 3. The highest BCUT2D eigenvalue weighted by Crippen LogP contribution is 2.38. The van der Waals surface area contributed by atoms with Gasteiger partial charge in [-0.15, -0.1) is 23.5 Å². The smallest absolute Gasteiger partial charge is 0.303 e. The fourth-order valence-corrected chi connectivity index (χ4v) is 6.79. The first kappa shape index (κ1) is 39.3. The van der Waals surface area contributed by atoms with E-state index in [-0.39, 0.29) is 41.7 Å². The van der Waals surface area contributed by atoms with Crippen LogP contribution in [0.3, 0.4) is 0 Å². The minimum atomic E-state index is -0.839. The zero-order chi connectivity index (χ0) is 36.2. The van der Waals surface area contributed by atoms with Crippen molar-refractivity contribution in [3.8, 4) is 23.0 Å². The van der Waals surface area contributed by atoms with E-state index in [1.165, 1.54) is 49.8 Å². The molecule has 2 atom stereocenters. The summed E-state index contributed by atoms with van der Waals surface area (Å²) in [5, 5.41) is 38.9. The van der Waals surface area contributed by atoms with E-state index < -0.39 is 23.0 Å². The Balaban J connectivity index is 0.000000266. The van der Waals surface area contributed by atoms with Crippen LogP contribution in [0, 0.1) is 0 Å². The summed E-state index contributed by atoms with van der Waals surface area (Å²) >= 11 is 2.76. The number of nitrogens with zero attached hydrogens (tertiary/aromatic N) is 4. The lowest BCUT2D eigenvalue weighted by Crippen LogP contribution is -2.31. The molecule has 266 valence electrons. The topological polar surface area (TPSA) is 218 Å². The Kier molecular flexibility index (Phi) is 14.4. The molecular weight excluding hydrogens is 677 g/mol. The summed E-state index contributed by atoms with van der Waals surface area (Å²) in [6.45, 7) is 7.21. The second-order valence-corrected chi connectivity index (χ2v) is 13.8. The summed E-state index contributed by atoms with van der Waals surface area (Å²) < 4.78 is 11.1. The highest BCUT2D eigenvalue weighted by molar-refractivity contribution is 8.15. The van der Waals surface area contributed by atoms with E-state index in [1.54, 1.807) is 26.0 Å². The van der Waals surface area contributed by atoms with E-state index in [1.807, 2.05) is 0 Å². The first-order chi connectivity index (χ1) is 23.2. The molecule has 0 saturated carbocycles. The largest absolute Gasteiger partial charge is 0.503 e. The van der Waals surface area contributed by atoms with Gasteiger partial charge in [-0.3, -0.25) is 29.2 Å². The number of hydrogen-bond donors (Lipinski definition) is 4. The number of aliphatic imine (C=N–C) groups is 2. The third kappa shape index (κ3) is 11.2. The Labute approximate surface area is 292 Å². The minimum absolute atomic E-state index is 0.0248. The molecule has 14 nitrogen and oxygen atoms in total. The lowest BCUT2D eigenvalue weighted by atomic mass is 10.0. The molecule has 0 spiro atoms. The number of carboxylic acid groups (broad SMARTS) is 2. The molecule has 0 saturated heterocycles. The summed E-state index contributed by atoms with van der Waals surface area (Å²) in [4.78, 5) is 61.4. The number of pyridine rings is 2. The van der Waals surface area contributed by atoms with Crippen LogP contribution in [-0.2, 0) is 19.2 Å². The van der Waals surface area contributed by atoms with Crippen LogP contribution in [0.15, 0.2) is 34.5 Å². The maximum absolute atomic E-state index is 11.7. The maximum atomic E-state index is 11.7. The predicted molar refractivity (Wildman–Crippen MR) is 187 cm³/mol. The first-order valence-electron chi connectivity index (χ1n) is 15.7. The van der Waals surface area contributed by atoms with Crippen LogP contribution < -0.4 is 9.47 Å². The molecule has 0 aliphatic carbocycles. The van der Waals surface area contributed by atoms with Gasteiger partial charge in [-0.2, -0.15) is 0 Å². The van der Waals surface area contributed by atoms with Crippen molar-refractivity contribution in [2.75, 3.05) is 24.7 Å². The summed E-state index contributed by atoms with van der Waals surface area (Å²) in [6, 6.07) is 3.11. The van der Waals surface area contributed by atoms with Gasteiger partial charge in [0.1, 0.15) is 32.6 Å². The van der Waals surface area contributed by atoms with Crippen molar-refractivity contribution in [2.45, 2.75) is 83.7 Å². The molecule has 4 heterocycles. The number of Topliss-reactive ketones (excluding diaryl/α,β-unsaturated/α-hetero) is 2. The minimum Gasteiger partial charge on any atom is -0.503 e. The van der Waals surface area contributed by atoms with Gasteiger partial charge in [0.05, 0.1) is 13.2 Å². The van der Waals surface area contributed by atoms with E-state index in [2.05, 4.69) is 20.0 Å². The van der Waals surface area contributed by atoms with Crippen LogP contribution in [-0.4, -0.2) is 99.8 Å². The van der Waals surface area contributed by atoms with Crippen LogP contribution in [0.5, 0.6) is 23.0 Å². The van der Waals surface area contributed by atoms with Crippen molar-refractivity contribution >= 4 is 57.1 Å². The molecular formula is C33H42N4O10S2. The van der Waals surface area contributed by atoms with E-state index >= 15 is 0 Å². The van der Waals surface area contributed by atoms with E-state index in [0.29, 0.717) is 77.6 Å². The molecule has 0 unspecified atom stereocenters. The molecule has 0 radical (unpaired) electrons. The molecule has 2 aliphatic rings. The number of thioether (sulfide) groups is 2. The Bertz CT molecular complexity index is 1600. The summed E-state index contributed by atoms with van der Waals surface area (Å²) in [6.07, 6.45) is 6.39. The van der Waals surface area contributed by atoms with Crippen LogP contribution in [0.1, 0.15) is 84.0 Å². The monoisotopic (exact) mass is 718 g/mol. The van der Waals surface area contributed by atoms with Crippen molar-refractivity contribution in [1.82, 2.24) is 9.97 Å². The summed E-state index contributed by atoms with van der Waals surface area (Å²) in [5.41, 5.74) is -0.955. The summed E-state index contributed by atoms with van der Waals surface area (Å²) in [7, 11) is 0. The lowest BCUT2D eigenvalue weighted by Gasteiger charge is -2.14. The third-order valence-corrected chi connectivity index (χ3v) is 10.2. The van der Waals surface area contributed by atoms with Crippen molar-refractivity contribution < 1.29 is 49.1 Å². The quantitative estimate of drug-likeness (QED) is 0.160. The molecule has 4 N–H and O–H groups in total. The van der Waals surface area contributed by atoms with E-state index in [9.17, 15) is 29.4 Å². The first-order valence-corrected chi connectivity index (χ1v) is 17.7. The second kappa shape index (κ2) is 18.0. The molecule has 0 bridgehead atoms. The summed E-state index contributed by atoms with van der Waals surface area (Å²) in [5.74, 6) is -0.288. The number of ketones is 2. The van der Waals surface area contributed by atoms with Crippen LogP contribution in [0.2, 0.25) is 0 Å². The van der Waals surface area contributed by atoms with Gasteiger partial charge in [-0.25, -0.2) is 9.97 Å². The number of ether oxygens (including phenoxy) is 2. The third-order valence-electron chi connectivity index (χ3n) is 7.71. The molecule has 16 heteroatoms. The van der Waals surface area contributed by atoms with Gasteiger partial charge in [0.25, 0.3) is 0 Å². The van der Waals surface area contributed by atoms with E-state index in [0.717, 1.165) is 6.42 Å². The fraction of sp³-hybridized carbons (Fsp3) is 0.515. The van der Waals surface area contributed by atoms with Crippen molar-refractivity contribution in [3.63, 3.8) is 0 Å². The van der Waals surface area contributed by atoms with Crippen molar-refractivity contribution in [3.05, 3.63) is 35.9 Å². The standard InChI is InChI=1S/C17H22N2O5S.C16H20N2O5S/c1-11(20)17(2)10-25-16(19-17)14-15(23)12(7-8-18-14)24-9-5-3-4-6-13(21)22;1-10(19)16(2)9-24-15(18-16)13-14(22)11(6-7-17-13)23-8-4-3-5-12(20)21/h7-8,23H,3-6,9-10H2,1-2H3,(H,21,22);6-7,22H,3-5,8-9H2,1-2H3,(H,20,21)/t17-;16-/m11/s1. The van der Waals surface area contributed by atoms with Gasteiger partial charge >= 0.3 is 11.9 Å². The van der Waals surface area contributed by atoms with Gasteiger partial charge < -0.3 is 29.9 Å². The zero-order valence-electron chi connectivity index (χ0n) is 27.9. The number of aromatic nitrogens is 2. The molecule has 4 rings (SSSR count). The van der Waals surface area contributed by atoms with Gasteiger partial charge in [-0.05, 0) is 59.8 Å². The van der Waals surface area contributed by atoms with Gasteiger partial charge in [0, 0.05) is 48.9 Å². The molecule has 0 aromatic carbocycles. The number of carboxylic acids is 2. The Hall–Kier alpha value is -4.18.